The van der Waals surface area contributed by atoms with Crippen LogP contribution in [-0.4, -0.2) is 72.3 Å². The maximum Gasteiger partial charge on any atom is 0.253 e. The molecule has 1 aromatic rings. The number of hydrogen-bond donors (Lipinski definition) is 0. The molecular weight excluding hydrogens is 397 g/mol. The van der Waals surface area contributed by atoms with Crippen molar-refractivity contribution in [3.63, 3.8) is 0 Å². The third kappa shape index (κ3) is 4.64. The predicted octanol–water partition coefficient (Wildman–Crippen LogP) is 3.79. The highest BCUT2D eigenvalue weighted by atomic mass is 35.5. The van der Waals surface area contributed by atoms with Crippen molar-refractivity contribution in [2.24, 2.45) is 5.92 Å². The van der Waals surface area contributed by atoms with E-state index in [9.17, 15) is 9.59 Å². The normalized spacial score (nSPS) is 19.6. The highest BCUT2D eigenvalue weighted by Gasteiger charge is 2.38. The fourth-order valence-electron chi connectivity index (χ4n) is 4.33. The molecule has 1 aromatic carbocycles. The molecular formula is C21H29Cl2N3O2. The van der Waals surface area contributed by atoms with Crippen molar-refractivity contribution < 1.29 is 9.59 Å². The Morgan fingerprint density at radius 1 is 1.11 bits per heavy atom. The van der Waals surface area contributed by atoms with Crippen LogP contribution >= 0.6 is 23.2 Å². The number of piperazine rings is 1. The standard InChI is InChI=1S/C21H29Cl2N3O2/c1-3-24(2)21(28)19(15-6-4-5-7-15)25-10-12-26(13-11-25)20(27)16-8-9-17(22)18(23)14-16/h8-9,14-15,19H,3-7,10-13H2,1-2H3. The van der Waals surface area contributed by atoms with E-state index in [-0.39, 0.29) is 17.9 Å². The van der Waals surface area contributed by atoms with E-state index in [1.807, 2.05) is 23.8 Å². The van der Waals surface area contributed by atoms with Gasteiger partial charge in [-0.3, -0.25) is 14.5 Å². The lowest BCUT2D eigenvalue weighted by Gasteiger charge is -2.42. The lowest BCUT2D eigenvalue weighted by molar-refractivity contribution is -0.138. The van der Waals surface area contributed by atoms with Crippen molar-refractivity contribution in [2.45, 2.75) is 38.6 Å². The van der Waals surface area contributed by atoms with E-state index in [4.69, 9.17) is 23.2 Å². The lowest BCUT2D eigenvalue weighted by Crippen LogP contribution is -2.58. The van der Waals surface area contributed by atoms with E-state index in [0.29, 0.717) is 34.6 Å². The van der Waals surface area contributed by atoms with Crippen LogP contribution in [0.15, 0.2) is 18.2 Å². The van der Waals surface area contributed by atoms with E-state index in [2.05, 4.69) is 4.90 Å². The number of nitrogens with zero attached hydrogens (tertiary/aromatic N) is 3. The van der Waals surface area contributed by atoms with Crippen molar-refractivity contribution in [2.75, 3.05) is 39.8 Å². The average Bonchev–Trinajstić information content (AvgIpc) is 3.23. The first kappa shape index (κ1) is 21.4. The molecule has 1 unspecified atom stereocenters. The van der Waals surface area contributed by atoms with Crippen LogP contribution in [0.4, 0.5) is 0 Å². The summed E-state index contributed by atoms with van der Waals surface area (Å²) in [5.41, 5.74) is 0.553. The summed E-state index contributed by atoms with van der Waals surface area (Å²) < 4.78 is 0. The lowest BCUT2D eigenvalue weighted by atomic mass is 9.94. The fraction of sp³-hybridized carbons (Fsp3) is 0.619. The molecule has 1 aliphatic carbocycles. The van der Waals surface area contributed by atoms with Crippen LogP contribution in [0.2, 0.25) is 10.0 Å². The first-order valence-electron chi connectivity index (χ1n) is 10.2. The summed E-state index contributed by atoms with van der Waals surface area (Å²) in [4.78, 5) is 31.8. The number of amides is 2. The summed E-state index contributed by atoms with van der Waals surface area (Å²) in [6.07, 6.45) is 4.66. The summed E-state index contributed by atoms with van der Waals surface area (Å²) in [6.45, 7) is 5.40. The monoisotopic (exact) mass is 425 g/mol. The minimum Gasteiger partial charge on any atom is -0.345 e. The number of benzene rings is 1. The Hall–Kier alpha value is -1.30. The third-order valence-electron chi connectivity index (χ3n) is 6.11. The maximum atomic E-state index is 13.0. The Kier molecular flexibility index (Phi) is 7.24. The Labute approximate surface area is 177 Å². The molecule has 1 aliphatic heterocycles. The van der Waals surface area contributed by atoms with Gasteiger partial charge in [-0.25, -0.2) is 0 Å². The Morgan fingerprint density at radius 3 is 2.32 bits per heavy atom. The van der Waals surface area contributed by atoms with Gasteiger partial charge in [0, 0.05) is 45.3 Å². The van der Waals surface area contributed by atoms with E-state index in [1.54, 1.807) is 18.2 Å². The summed E-state index contributed by atoms with van der Waals surface area (Å²) in [5, 5.41) is 0.835. The highest BCUT2D eigenvalue weighted by molar-refractivity contribution is 6.42. The second-order valence-electron chi connectivity index (χ2n) is 7.80. The van der Waals surface area contributed by atoms with Gasteiger partial charge >= 0.3 is 0 Å². The van der Waals surface area contributed by atoms with E-state index >= 15 is 0 Å². The van der Waals surface area contributed by atoms with Crippen LogP contribution in [0.3, 0.4) is 0 Å². The summed E-state index contributed by atoms with van der Waals surface area (Å²) >= 11 is 12.0. The number of hydrogen-bond acceptors (Lipinski definition) is 3. The molecule has 2 aliphatic rings. The van der Waals surface area contributed by atoms with E-state index < -0.39 is 0 Å². The number of halogens is 2. The van der Waals surface area contributed by atoms with Gasteiger partial charge in [0.05, 0.1) is 16.1 Å². The van der Waals surface area contributed by atoms with Gasteiger partial charge in [-0.05, 0) is 43.9 Å². The van der Waals surface area contributed by atoms with Crippen LogP contribution < -0.4 is 0 Å². The summed E-state index contributed by atoms with van der Waals surface area (Å²) in [5.74, 6) is 0.616. The minimum absolute atomic E-state index is 0.0346. The molecule has 0 N–H and O–H groups in total. The van der Waals surface area contributed by atoms with Gasteiger partial charge in [0.15, 0.2) is 0 Å². The van der Waals surface area contributed by atoms with Crippen LogP contribution in [0.1, 0.15) is 43.0 Å². The molecule has 0 spiro atoms. The van der Waals surface area contributed by atoms with Crippen molar-refractivity contribution in [3.8, 4) is 0 Å². The molecule has 1 saturated carbocycles. The van der Waals surface area contributed by atoms with Gasteiger partial charge < -0.3 is 9.80 Å². The molecule has 0 bridgehead atoms. The first-order valence-corrected chi connectivity index (χ1v) is 10.9. The molecule has 2 amide bonds. The van der Waals surface area contributed by atoms with E-state index in [0.717, 1.165) is 32.5 Å². The molecule has 1 saturated heterocycles. The van der Waals surface area contributed by atoms with Crippen molar-refractivity contribution in [3.05, 3.63) is 33.8 Å². The molecule has 3 rings (SSSR count). The topological polar surface area (TPSA) is 43.9 Å². The molecule has 28 heavy (non-hydrogen) atoms. The van der Waals surface area contributed by atoms with Gasteiger partial charge in [-0.1, -0.05) is 36.0 Å². The zero-order valence-electron chi connectivity index (χ0n) is 16.7. The molecule has 0 radical (unpaired) electrons. The van der Waals surface area contributed by atoms with Gasteiger partial charge in [-0.15, -0.1) is 0 Å². The van der Waals surface area contributed by atoms with Gasteiger partial charge in [0.25, 0.3) is 5.91 Å². The second kappa shape index (κ2) is 9.47. The molecule has 7 heteroatoms. The quantitative estimate of drug-likeness (QED) is 0.720. The van der Waals surface area contributed by atoms with Gasteiger partial charge in [0.2, 0.25) is 5.91 Å². The molecule has 1 heterocycles. The van der Waals surface area contributed by atoms with Gasteiger partial charge in [0.1, 0.15) is 0 Å². The first-order chi connectivity index (χ1) is 13.4. The number of carbonyl (C=O) groups excluding carboxylic acids is 2. The van der Waals surface area contributed by atoms with Crippen molar-refractivity contribution in [1.82, 2.24) is 14.7 Å². The summed E-state index contributed by atoms with van der Waals surface area (Å²) in [7, 11) is 1.88. The Morgan fingerprint density at radius 2 is 1.75 bits per heavy atom. The average molecular weight is 426 g/mol. The highest BCUT2D eigenvalue weighted by Crippen LogP contribution is 2.32. The second-order valence-corrected chi connectivity index (χ2v) is 8.61. The van der Waals surface area contributed by atoms with Crippen LogP contribution in [0.25, 0.3) is 0 Å². The SMILES string of the molecule is CCN(C)C(=O)C(C1CCCC1)N1CCN(C(=O)c2ccc(Cl)c(Cl)c2)CC1. The van der Waals surface area contributed by atoms with Crippen molar-refractivity contribution in [1.29, 1.82) is 0 Å². The van der Waals surface area contributed by atoms with Gasteiger partial charge in [-0.2, -0.15) is 0 Å². The molecule has 2 fully saturated rings. The minimum atomic E-state index is -0.0605. The molecule has 154 valence electrons. The number of likely N-dealkylation sites (N-methyl/N-ethyl adjacent to an activating group) is 1. The largest absolute Gasteiger partial charge is 0.345 e. The number of rotatable bonds is 5. The fourth-order valence-corrected chi connectivity index (χ4v) is 4.62. The molecule has 5 nitrogen and oxygen atoms in total. The maximum absolute atomic E-state index is 13.0. The summed E-state index contributed by atoms with van der Waals surface area (Å²) in [6, 6.07) is 4.93. The Bertz CT molecular complexity index is 714. The number of carbonyl (C=O) groups is 2. The zero-order valence-corrected chi connectivity index (χ0v) is 18.2. The van der Waals surface area contributed by atoms with Crippen LogP contribution in [-0.2, 0) is 4.79 Å². The molecule has 0 aromatic heterocycles. The van der Waals surface area contributed by atoms with E-state index in [1.165, 1.54) is 12.8 Å². The smallest absolute Gasteiger partial charge is 0.253 e. The molecule has 1 atom stereocenters. The Balaban J connectivity index is 1.67. The predicted molar refractivity (Wildman–Crippen MR) is 113 cm³/mol. The van der Waals surface area contributed by atoms with Crippen molar-refractivity contribution >= 4 is 35.0 Å². The van der Waals surface area contributed by atoms with Crippen LogP contribution in [0, 0.1) is 5.92 Å². The van der Waals surface area contributed by atoms with Crippen LogP contribution in [0.5, 0.6) is 0 Å². The zero-order chi connectivity index (χ0) is 20.3. The third-order valence-corrected chi connectivity index (χ3v) is 6.85.